The van der Waals surface area contributed by atoms with Crippen molar-refractivity contribution in [2.75, 3.05) is 12.3 Å². The molecule has 140 valence electrons. The first kappa shape index (κ1) is 20.7. The van der Waals surface area contributed by atoms with E-state index in [-0.39, 0.29) is 5.91 Å². The maximum Gasteiger partial charge on any atom is 0.261 e. The number of benzene rings is 2. The zero-order valence-electron chi connectivity index (χ0n) is 15.5. The molecule has 0 saturated carbocycles. The van der Waals surface area contributed by atoms with Gasteiger partial charge in [-0.15, -0.1) is 0 Å². The van der Waals surface area contributed by atoms with Gasteiger partial charge in [0.15, 0.2) is 6.10 Å². The van der Waals surface area contributed by atoms with Crippen LogP contribution in [0.5, 0.6) is 5.75 Å². The Hall–Kier alpha value is -1.65. The molecular weight excluding hydrogens is 366 g/mol. The molecule has 1 amide bonds. The quantitative estimate of drug-likeness (QED) is 0.599. The monoisotopic (exact) mass is 391 g/mol. The van der Waals surface area contributed by atoms with Crippen molar-refractivity contribution in [1.29, 1.82) is 0 Å². The number of nitrogens with one attached hydrogen (secondary N) is 1. The second-order valence-electron chi connectivity index (χ2n) is 6.25. The first-order chi connectivity index (χ1) is 12.5. The highest BCUT2D eigenvalue weighted by Crippen LogP contribution is 2.22. The zero-order chi connectivity index (χ0) is 18.9. The van der Waals surface area contributed by atoms with Gasteiger partial charge in [-0.25, -0.2) is 0 Å². The Morgan fingerprint density at radius 1 is 1.19 bits per heavy atom. The number of ether oxygens (including phenoxy) is 1. The Morgan fingerprint density at radius 2 is 1.92 bits per heavy atom. The predicted molar refractivity (Wildman–Crippen MR) is 111 cm³/mol. The van der Waals surface area contributed by atoms with Crippen molar-refractivity contribution >= 4 is 29.3 Å². The molecule has 0 aromatic heterocycles. The summed E-state index contributed by atoms with van der Waals surface area (Å²) >= 11 is 7.84. The van der Waals surface area contributed by atoms with Gasteiger partial charge in [-0.05, 0) is 49.6 Å². The van der Waals surface area contributed by atoms with Crippen molar-refractivity contribution in [2.45, 2.75) is 39.0 Å². The van der Waals surface area contributed by atoms with Crippen LogP contribution in [0.2, 0.25) is 5.02 Å². The van der Waals surface area contributed by atoms with E-state index >= 15 is 0 Å². The van der Waals surface area contributed by atoms with Crippen molar-refractivity contribution in [3.63, 3.8) is 0 Å². The lowest BCUT2D eigenvalue weighted by Crippen LogP contribution is -2.39. The number of hydrogen-bond donors (Lipinski definition) is 1. The van der Waals surface area contributed by atoms with Gasteiger partial charge >= 0.3 is 0 Å². The number of amides is 1. The summed E-state index contributed by atoms with van der Waals surface area (Å²) in [4.78, 5) is 12.3. The molecule has 0 aliphatic rings. The third kappa shape index (κ3) is 6.58. The summed E-state index contributed by atoms with van der Waals surface area (Å²) in [6.45, 7) is 6.58. The molecule has 0 aliphatic carbocycles. The largest absolute Gasteiger partial charge is 0.481 e. The van der Waals surface area contributed by atoms with E-state index in [4.69, 9.17) is 16.3 Å². The number of rotatable bonds is 9. The van der Waals surface area contributed by atoms with Gasteiger partial charge in [-0.2, -0.15) is 11.8 Å². The van der Waals surface area contributed by atoms with Gasteiger partial charge in [0.1, 0.15) is 5.75 Å². The van der Waals surface area contributed by atoms with E-state index in [0.717, 1.165) is 17.1 Å². The molecule has 3 nitrogen and oxygen atoms in total. The van der Waals surface area contributed by atoms with Crippen LogP contribution in [0.3, 0.4) is 0 Å². The zero-order valence-corrected chi connectivity index (χ0v) is 17.1. The van der Waals surface area contributed by atoms with Crippen LogP contribution in [0.4, 0.5) is 0 Å². The first-order valence-electron chi connectivity index (χ1n) is 8.83. The smallest absolute Gasteiger partial charge is 0.261 e. The number of thioether (sulfide) groups is 1. The SMILES string of the molecule is CC[C@@H](Oc1ccc(Cl)c(C)c1)C(=O)NCCSCc1ccc(C)cc1. The molecule has 0 saturated heterocycles. The molecule has 2 rings (SSSR count). The van der Waals surface area contributed by atoms with E-state index in [2.05, 4.69) is 36.5 Å². The van der Waals surface area contributed by atoms with Crippen LogP contribution in [0.1, 0.15) is 30.0 Å². The van der Waals surface area contributed by atoms with Gasteiger partial charge in [0.2, 0.25) is 0 Å². The fourth-order valence-electron chi connectivity index (χ4n) is 2.41. The lowest BCUT2D eigenvalue weighted by molar-refractivity contribution is -0.127. The van der Waals surface area contributed by atoms with Crippen LogP contribution < -0.4 is 10.1 Å². The second-order valence-corrected chi connectivity index (χ2v) is 7.77. The first-order valence-corrected chi connectivity index (χ1v) is 10.4. The van der Waals surface area contributed by atoms with E-state index in [9.17, 15) is 4.79 Å². The van der Waals surface area contributed by atoms with Crippen LogP contribution in [0.25, 0.3) is 0 Å². The molecule has 5 heteroatoms. The average molecular weight is 392 g/mol. The number of carbonyl (C=O) groups is 1. The third-order valence-corrected chi connectivity index (χ3v) is 5.46. The van der Waals surface area contributed by atoms with Crippen LogP contribution in [-0.2, 0) is 10.5 Å². The molecule has 2 aromatic rings. The second kappa shape index (κ2) is 10.5. The summed E-state index contributed by atoms with van der Waals surface area (Å²) in [7, 11) is 0. The normalized spacial score (nSPS) is 11.8. The minimum absolute atomic E-state index is 0.0731. The van der Waals surface area contributed by atoms with Gasteiger partial charge < -0.3 is 10.1 Å². The van der Waals surface area contributed by atoms with Crippen molar-refractivity contribution in [1.82, 2.24) is 5.32 Å². The molecule has 0 fully saturated rings. The number of halogens is 1. The van der Waals surface area contributed by atoms with Crippen molar-refractivity contribution in [3.8, 4) is 5.75 Å². The Morgan fingerprint density at radius 3 is 2.58 bits per heavy atom. The highest BCUT2D eigenvalue weighted by molar-refractivity contribution is 7.98. The molecule has 0 unspecified atom stereocenters. The Bertz CT molecular complexity index is 718. The molecular formula is C21H26ClNO2S. The Balaban J connectivity index is 1.72. The van der Waals surface area contributed by atoms with Gasteiger partial charge in [-0.3, -0.25) is 4.79 Å². The molecule has 26 heavy (non-hydrogen) atoms. The maximum atomic E-state index is 12.3. The fraction of sp³-hybridized carbons (Fsp3) is 0.381. The summed E-state index contributed by atoms with van der Waals surface area (Å²) in [5.74, 6) is 2.42. The van der Waals surface area contributed by atoms with Crippen LogP contribution in [0, 0.1) is 13.8 Å². The predicted octanol–water partition coefficient (Wildman–Crippen LogP) is 5.16. The van der Waals surface area contributed by atoms with Gasteiger partial charge in [0.25, 0.3) is 5.91 Å². The minimum Gasteiger partial charge on any atom is -0.481 e. The summed E-state index contributed by atoms with van der Waals surface area (Å²) in [5, 5.41) is 3.66. The van der Waals surface area contributed by atoms with Gasteiger partial charge in [0.05, 0.1) is 0 Å². The average Bonchev–Trinajstić information content (AvgIpc) is 2.63. The van der Waals surface area contributed by atoms with Crippen molar-refractivity contribution in [3.05, 3.63) is 64.2 Å². The molecule has 2 aromatic carbocycles. The number of aryl methyl sites for hydroxylation is 2. The Labute approximate surface area is 165 Å². The highest BCUT2D eigenvalue weighted by Gasteiger charge is 2.18. The van der Waals surface area contributed by atoms with Crippen molar-refractivity contribution in [2.24, 2.45) is 0 Å². The topological polar surface area (TPSA) is 38.3 Å². The lowest BCUT2D eigenvalue weighted by Gasteiger charge is -2.17. The summed E-state index contributed by atoms with van der Waals surface area (Å²) < 4.78 is 5.82. The van der Waals surface area contributed by atoms with Crippen LogP contribution >= 0.6 is 23.4 Å². The van der Waals surface area contributed by atoms with E-state index in [1.165, 1.54) is 11.1 Å². The molecule has 0 spiro atoms. The van der Waals surface area contributed by atoms with E-state index in [0.29, 0.717) is 23.7 Å². The summed E-state index contributed by atoms with van der Waals surface area (Å²) in [6, 6.07) is 14.0. The standard InChI is InChI=1S/C21H26ClNO2S/c1-4-20(25-18-9-10-19(22)16(3)13-18)21(24)23-11-12-26-14-17-7-5-15(2)6-8-17/h5-10,13,20H,4,11-12,14H2,1-3H3,(H,23,24)/t20-/m1/s1. The third-order valence-electron chi connectivity index (χ3n) is 4.01. The Kier molecular flexibility index (Phi) is 8.33. The summed E-state index contributed by atoms with van der Waals surface area (Å²) in [5.41, 5.74) is 3.51. The minimum atomic E-state index is -0.488. The van der Waals surface area contributed by atoms with Gasteiger partial charge in [-0.1, -0.05) is 48.4 Å². The molecule has 0 bridgehead atoms. The number of hydrogen-bond acceptors (Lipinski definition) is 3. The molecule has 0 heterocycles. The van der Waals surface area contributed by atoms with E-state index in [1.54, 1.807) is 12.1 Å². The van der Waals surface area contributed by atoms with Gasteiger partial charge in [0, 0.05) is 23.1 Å². The highest BCUT2D eigenvalue weighted by atomic mass is 35.5. The van der Waals surface area contributed by atoms with Crippen LogP contribution in [0.15, 0.2) is 42.5 Å². The fourth-order valence-corrected chi connectivity index (χ4v) is 3.35. The van der Waals surface area contributed by atoms with E-state index in [1.807, 2.05) is 31.7 Å². The number of carbonyl (C=O) groups excluding carboxylic acids is 1. The summed E-state index contributed by atoms with van der Waals surface area (Å²) in [6.07, 6.45) is 0.127. The van der Waals surface area contributed by atoms with Crippen LogP contribution in [-0.4, -0.2) is 24.3 Å². The molecule has 1 N–H and O–H groups in total. The lowest BCUT2D eigenvalue weighted by atomic mass is 10.2. The van der Waals surface area contributed by atoms with E-state index < -0.39 is 6.10 Å². The van der Waals surface area contributed by atoms with Crippen molar-refractivity contribution < 1.29 is 9.53 Å². The maximum absolute atomic E-state index is 12.3. The molecule has 1 atom stereocenters. The molecule has 0 aliphatic heterocycles. The molecule has 0 radical (unpaired) electrons.